The highest BCUT2D eigenvalue weighted by Crippen LogP contribution is 2.32. The number of aliphatic hydroxyl groups is 1. The zero-order chi connectivity index (χ0) is 28.9. The molecular weight excluding hydrogens is 540 g/mol. The quantitative estimate of drug-likeness (QED) is 0.347. The van der Waals surface area contributed by atoms with Gasteiger partial charge in [-0.2, -0.15) is 0 Å². The third-order valence-corrected chi connectivity index (χ3v) is 9.16. The Morgan fingerprint density at radius 1 is 1.30 bits per heavy atom. The van der Waals surface area contributed by atoms with E-state index in [-0.39, 0.29) is 50.7 Å². The van der Waals surface area contributed by atoms with Crippen LogP contribution in [0.5, 0.6) is 5.75 Å². The van der Waals surface area contributed by atoms with Crippen LogP contribution in [0.25, 0.3) is 11.0 Å². The van der Waals surface area contributed by atoms with Crippen LogP contribution < -0.4 is 20.7 Å². The number of furan rings is 1. The molecule has 0 saturated carbocycles. The molecule has 1 aromatic carbocycles. The van der Waals surface area contributed by atoms with Gasteiger partial charge in [0.05, 0.1) is 7.11 Å². The molecule has 40 heavy (non-hydrogen) atoms. The van der Waals surface area contributed by atoms with Crippen LogP contribution in [0.15, 0.2) is 46.0 Å². The van der Waals surface area contributed by atoms with E-state index < -0.39 is 43.7 Å². The number of rotatable bonds is 9. The van der Waals surface area contributed by atoms with Crippen LogP contribution in [-0.2, 0) is 19.4 Å². The predicted molar refractivity (Wildman–Crippen MR) is 148 cm³/mol. The van der Waals surface area contributed by atoms with Crippen molar-refractivity contribution in [2.75, 3.05) is 33.4 Å². The highest BCUT2D eigenvalue weighted by molar-refractivity contribution is 8.07. The van der Waals surface area contributed by atoms with E-state index in [4.69, 9.17) is 13.9 Å². The Morgan fingerprint density at radius 2 is 2.10 bits per heavy atom. The number of nitrogens with zero attached hydrogens (tertiary/aromatic N) is 1. The summed E-state index contributed by atoms with van der Waals surface area (Å²) in [7, 11) is -2.79. The van der Waals surface area contributed by atoms with Crippen molar-refractivity contribution in [3.8, 4) is 5.75 Å². The Bertz CT molecular complexity index is 1400. The average molecular weight is 577 g/mol. The highest BCUT2D eigenvalue weighted by atomic mass is 32.2. The van der Waals surface area contributed by atoms with Crippen LogP contribution in [-0.4, -0.2) is 74.9 Å². The van der Waals surface area contributed by atoms with Crippen LogP contribution >= 0.6 is 0 Å². The molecule has 0 unspecified atom stereocenters. The minimum atomic E-state index is -4.32. The number of benzene rings is 1. The third-order valence-electron chi connectivity index (χ3n) is 6.98. The van der Waals surface area contributed by atoms with Gasteiger partial charge >= 0.3 is 5.23 Å². The Hall–Kier alpha value is -3.42. The fourth-order valence-electron chi connectivity index (χ4n) is 4.92. The van der Waals surface area contributed by atoms with E-state index >= 15 is 0 Å². The Morgan fingerprint density at radius 3 is 2.77 bits per heavy atom. The normalized spacial score (nSPS) is 22.2. The van der Waals surface area contributed by atoms with Crippen LogP contribution in [0.4, 0.5) is 0 Å². The lowest BCUT2D eigenvalue weighted by molar-refractivity contribution is -0.124. The molecular formula is C27H36N4O8S. The first kappa shape index (κ1) is 29.6. The molecule has 1 saturated heterocycles. The number of carbonyl (C=O) groups is 2. The van der Waals surface area contributed by atoms with Crippen molar-refractivity contribution in [3.63, 3.8) is 0 Å². The summed E-state index contributed by atoms with van der Waals surface area (Å²) < 4.78 is 44.1. The molecule has 2 aromatic rings. The molecule has 218 valence electrons. The van der Waals surface area contributed by atoms with Crippen LogP contribution in [0, 0.1) is 11.8 Å². The molecule has 4 N–H and O–H groups in total. The van der Waals surface area contributed by atoms with E-state index in [9.17, 15) is 23.1 Å². The molecule has 3 atom stereocenters. The minimum Gasteiger partial charge on any atom is -0.497 e. The molecule has 1 aromatic heterocycles. The van der Waals surface area contributed by atoms with Crippen LogP contribution in [0.2, 0.25) is 0 Å². The van der Waals surface area contributed by atoms with Crippen molar-refractivity contribution >= 4 is 37.9 Å². The Labute approximate surface area is 233 Å². The zero-order valence-electron chi connectivity index (χ0n) is 22.8. The standard InChI is InChI=1S/C27H36N4O8S/c1-17(2)11-21(30-25(34)23-13-19-12-20(37-3)5-6-22(19)39-23)24(33)31-27(7-9-28-15-18(14-27)16-32)40(35,36)26-29-8-4-10-38-26/h4-6,8,12-13,17-18,21,28,32H,7,9-11,14-16H2,1-3H3,(H,30,34)(H,31,33)/t18-,21-,27+/m0/s1. The van der Waals surface area contributed by atoms with Gasteiger partial charge in [-0.15, -0.1) is 0 Å². The average Bonchev–Trinajstić information content (AvgIpc) is 3.26. The van der Waals surface area contributed by atoms with E-state index in [0.29, 0.717) is 23.3 Å². The maximum Gasteiger partial charge on any atom is 0.312 e. The molecule has 4 rings (SSSR count). The Kier molecular flexibility index (Phi) is 9.16. The molecule has 3 heterocycles. The second-order valence-corrected chi connectivity index (χ2v) is 12.6. The number of nitrogens with one attached hydrogen (secondary N) is 3. The van der Waals surface area contributed by atoms with Gasteiger partial charge in [0, 0.05) is 24.7 Å². The SMILES string of the molecule is COc1ccc2oc(C(=O)N[C@@H](CC(C)C)C(=O)N[C@@]3(S(=O)(=O)C4=NC=CCO4)CCNC[C@@H](CO)C3)cc2c1. The molecule has 1 fully saturated rings. The van der Waals surface area contributed by atoms with Gasteiger partial charge in [-0.1, -0.05) is 13.8 Å². The van der Waals surface area contributed by atoms with Gasteiger partial charge in [0.15, 0.2) is 10.6 Å². The summed E-state index contributed by atoms with van der Waals surface area (Å²) in [5, 5.41) is 18.7. The van der Waals surface area contributed by atoms with Gasteiger partial charge in [0.1, 0.15) is 24.0 Å². The first-order valence-corrected chi connectivity index (χ1v) is 14.7. The number of carbonyl (C=O) groups excluding carboxylic acids is 2. The number of ether oxygens (including phenoxy) is 2. The Balaban J connectivity index is 1.64. The number of hydrogen-bond donors (Lipinski definition) is 4. The molecule has 13 heteroatoms. The van der Waals surface area contributed by atoms with E-state index in [1.54, 1.807) is 30.3 Å². The summed E-state index contributed by atoms with van der Waals surface area (Å²) in [5.41, 5.74) is 0.476. The van der Waals surface area contributed by atoms with Gasteiger partial charge in [-0.25, -0.2) is 13.4 Å². The van der Waals surface area contributed by atoms with Gasteiger partial charge in [0.2, 0.25) is 5.91 Å². The van der Waals surface area contributed by atoms with Crippen molar-refractivity contribution < 1.29 is 37.0 Å². The molecule has 0 spiro atoms. The van der Waals surface area contributed by atoms with Gasteiger partial charge in [-0.05, 0) is 68.0 Å². The molecule has 2 amide bonds. The van der Waals surface area contributed by atoms with Crippen molar-refractivity contribution in [3.05, 3.63) is 42.3 Å². The van der Waals surface area contributed by atoms with Crippen LogP contribution in [0.1, 0.15) is 43.7 Å². The molecule has 0 radical (unpaired) electrons. The summed E-state index contributed by atoms with van der Waals surface area (Å²) in [6, 6.07) is 5.60. The van der Waals surface area contributed by atoms with E-state index in [1.807, 2.05) is 13.8 Å². The van der Waals surface area contributed by atoms with Gasteiger partial charge in [-0.3, -0.25) is 9.59 Å². The first-order valence-electron chi connectivity index (χ1n) is 13.2. The monoisotopic (exact) mass is 576 g/mol. The summed E-state index contributed by atoms with van der Waals surface area (Å²) in [6.07, 6.45) is 3.10. The number of fused-ring (bicyclic) bond motifs is 1. The lowest BCUT2D eigenvalue weighted by Crippen LogP contribution is -2.61. The summed E-state index contributed by atoms with van der Waals surface area (Å²) in [6.45, 7) is 4.17. The van der Waals surface area contributed by atoms with Crippen molar-refractivity contribution in [1.82, 2.24) is 16.0 Å². The maximum absolute atomic E-state index is 13.9. The second kappa shape index (κ2) is 12.4. The number of methoxy groups -OCH3 is 1. The van der Waals surface area contributed by atoms with E-state index in [1.165, 1.54) is 13.3 Å². The smallest absolute Gasteiger partial charge is 0.312 e. The molecule has 2 aliphatic rings. The summed E-state index contributed by atoms with van der Waals surface area (Å²) in [5.74, 6) is -1.15. The molecule has 2 aliphatic heterocycles. The lowest BCUT2D eigenvalue weighted by Gasteiger charge is -2.36. The molecule has 0 bridgehead atoms. The summed E-state index contributed by atoms with van der Waals surface area (Å²) >= 11 is 0. The van der Waals surface area contributed by atoms with Gasteiger partial charge in [0.25, 0.3) is 15.7 Å². The van der Waals surface area contributed by atoms with Crippen molar-refractivity contribution in [2.45, 2.75) is 44.0 Å². The minimum absolute atomic E-state index is 0.00269. The number of aliphatic hydroxyl groups excluding tert-OH is 1. The largest absolute Gasteiger partial charge is 0.497 e. The van der Waals surface area contributed by atoms with Crippen molar-refractivity contribution in [2.24, 2.45) is 16.8 Å². The molecule has 0 aliphatic carbocycles. The number of amides is 2. The van der Waals surface area contributed by atoms with Crippen LogP contribution in [0.3, 0.4) is 0 Å². The zero-order valence-corrected chi connectivity index (χ0v) is 23.6. The summed E-state index contributed by atoms with van der Waals surface area (Å²) in [4.78, 5) is 29.1. The third kappa shape index (κ3) is 6.31. The number of hydrogen-bond acceptors (Lipinski definition) is 10. The fourth-order valence-corrected chi connectivity index (χ4v) is 6.74. The lowest BCUT2D eigenvalue weighted by atomic mass is 9.98. The van der Waals surface area contributed by atoms with Gasteiger partial charge < -0.3 is 34.9 Å². The number of sulfone groups is 1. The van der Waals surface area contributed by atoms with E-state index in [2.05, 4.69) is 20.9 Å². The topological polar surface area (TPSA) is 169 Å². The van der Waals surface area contributed by atoms with E-state index in [0.717, 1.165) is 0 Å². The fraction of sp³-hybridized carbons (Fsp3) is 0.519. The number of aliphatic imine (C=N–C) groups is 1. The first-order chi connectivity index (χ1) is 19.1. The maximum atomic E-state index is 13.9. The predicted octanol–water partition coefficient (Wildman–Crippen LogP) is 1.71. The highest BCUT2D eigenvalue weighted by Gasteiger charge is 2.51. The van der Waals surface area contributed by atoms with Crippen molar-refractivity contribution in [1.29, 1.82) is 0 Å². The molecule has 12 nitrogen and oxygen atoms in total. The second-order valence-electron chi connectivity index (χ2n) is 10.5.